The molecule has 3 aromatic rings. The first kappa shape index (κ1) is 20.9. The smallest absolute Gasteiger partial charge is 0.411 e. The standard InChI is InChI=1S/C27H23FN2O3/c28-23-14-11-20(12-15-23)13-16-25(31)29-17-18-30-24(19-29)27(33-26(30)32,21-7-3-1-4-8-21)22-9-5-2-6-10-22/h1-16,24H,17-19H2. The van der Waals surface area contributed by atoms with Crippen molar-refractivity contribution in [2.75, 3.05) is 19.6 Å². The molecule has 3 aromatic carbocycles. The van der Waals surface area contributed by atoms with Crippen molar-refractivity contribution in [3.05, 3.63) is 114 Å². The first-order chi connectivity index (χ1) is 16.1. The second-order valence-electron chi connectivity index (χ2n) is 8.21. The average molecular weight is 442 g/mol. The third-order valence-electron chi connectivity index (χ3n) is 6.34. The zero-order valence-corrected chi connectivity index (χ0v) is 17.9. The van der Waals surface area contributed by atoms with E-state index in [4.69, 9.17) is 4.74 Å². The molecule has 2 amide bonds. The Labute approximate surface area is 191 Å². The lowest BCUT2D eigenvalue weighted by Crippen LogP contribution is -2.58. The van der Waals surface area contributed by atoms with Crippen LogP contribution in [0.2, 0.25) is 0 Å². The average Bonchev–Trinajstić information content (AvgIpc) is 3.17. The third-order valence-corrected chi connectivity index (χ3v) is 6.34. The number of rotatable bonds is 4. The second-order valence-corrected chi connectivity index (χ2v) is 8.21. The Balaban J connectivity index is 1.47. The van der Waals surface area contributed by atoms with E-state index in [0.29, 0.717) is 19.6 Å². The molecule has 0 radical (unpaired) electrons. The molecule has 0 bridgehead atoms. The fourth-order valence-corrected chi connectivity index (χ4v) is 4.70. The van der Waals surface area contributed by atoms with E-state index in [1.807, 2.05) is 60.7 Å². The molecule has 5 rings (SSSR count). The molecule has 0 aromatic heterocycles. The van der Waals surface area contributed by atoms with Gasteiger partial charge in [-0.05, 0) is 23.8 Å². The van der Waals surface area contributed by atoms with E-state index in [2.05, 4.69) is 0 Å². The molecule has 0 spiro atoms. The fourth-order valence-electron chi connectivity index (χ4n) is 4.70. The monoisotopic (exact) mass is 442 g/mol. The molecule has 2 aliphatic heterocycles. The number of ether oxygens (including phenoxy) is 1. The van der Waals surface area contributed by atoms with Crippen LogP contribution in [0.5, 0.6) is 0 Å². The highest BCUT2D eigenvalue weighted by Crippen LogP contribution is 2.45. The zero-order valence-electron chi connectivity index (χ0n) is 17.9. The summed E-state index contributed by atoms with van der Waals surface area (Å²) in [6, 6.07) is 25.0. The SMILES string of the molecule is O=C(C=Cc1ccc(F)cc1)N1CCN2C(=O)OC(c3ccccc3)(c3ccccc3)C2C1. The Kier molecular flexibility index (Phi) is 5.42. The van der Waals surface area contributed by atoms with Crippen LogP contribution < -0.4 is 0 Å². The summed E-state index contributed by atoms with van der Waals surface area (Å²) in [5, 5.41) is 0. The zero-order chi connectivity index (χ0) is 22.8. The van der Waals surface area contributed by atoms with Gasteiger partial charge in [0, 0.05) is 36.8 Å². The van der Waals surface area contributed by atoms with Gasteiger partial charge < -0.3 is 9.64 Å². The Morgan fingerprint density at radius 2 is 1.52 bits per heavy atom. The molecular formula is C27H23FN2O3. The molecule has 0 N–H and O–H groups in total. The van der Waals surface area contributed by atoms with Gasteiger partial charge in [0.15, 0.2) is 5.60 Å². The summed E-state index contributed by atoms with van der Waals surface area (Å²) in [7, 11) is 0. The largest absolute Gasteiger partial charge is 0.431 e. The summed E-state index contributed by atoms with van der Waals surface area (Å²) < 4.78 is 19.3. The number of amides is 2. The summed E-state index contributed by atoms with van der Waals surface area (Å²) in [4.78, 5) is 29.4. The summed E-state index contributed by atoms with van der Waals surface area (Å²) >= 11 is 0. The predicted molar refractivity (Wildman–Crippen MR) is 123 cm³/mol. The van der Waals surface area contributed by atoms with Crippen LogP contribution in [0.15, 0.2) is 91.0 Å². The van der Waals surface area contributed by atoms with Crippen LogP contribution in [-0.4, -0.2) is 47.5 Å². The molecule has 2 saturated heterocycles. The van der Waals surface area contributed by atoms with Gasteiger partial charge in [0.05, 0.1) is 0 Å². The summed E-state index contributed by atoms with van der Waals surface area (Å²) in [5.41, 5.74) is 1.46. The van der Waals surface area contributed by atoms with Crippen LogP contribution in [0.3, 0.4) is 0 Å². The first-order valence-electron chi connectivity index (χ1n) is 10.9. The number of halogens is 1. The molecule has 166 valence electrons. The lowest BCUT2D eigenvalue weighted by atomic mass is 9.79. The minimum atomic E-state index is -1.01. The molecule has 1 unspecified atom stereocenters. The number of carbonyl (C=O) groups is 2. The van der Waals surface area contributed by atoms with Crippen LogP contribution in [0.25, 0.3) is 6.08 Å². The Morgan fingerprint density at radius 1 is 0.909 bits per heavy atom. The maximum atomic E-state index is 13.1. The predicted octanol–water partition coefficient (Wildman–Crippen LogP) is 4.45. The maximum absolute atomic E-state index is 13.1. The molecule has 1 atom stereocenters. The van der Waals surface area contributed by atoms with Crippen molar-refractivity contribution in [2.24, 2.45) is 0 Å². The summed E-state index contributed by atoms with van der Waals surface area (Å²) in [6.45, 7) is 1.14. The Bertz CT molecular complexity index is 1140. The van der Waals surface area contributed by atoms with E-state index in [0.717, 1.165) is 16.7 Å². The molecule has 33 heavy (non-hydrogen) atoms. The van der Waals surface area contributed by atoms with Crippen LogP contribution >= 0.6 is 0 Å². The first-order valence-corrected chi connectivity index (χ1v) is 10.9. The summed E-state index contributed by atoms with van der Waals surface area (Å²) in [5.74, 6) is -0.480. The number of nitrogens with zero attached hydrogens (tertiary/aromatic N) is 2. The van der Waals surface area contributed by atoms with Crippen LogP contribution in [0.4, 0.5) is 9.18 Å². The van der Waals surface area contributed by atoms with Gasteiger partial charge in [-0.25, -0.2) is 9.18 Å². The van der Waals surface area contributed by atoms with Crippen LogP contribution in [0.1, 0.15) is 16.7 Å². The van der Waals surface area contributed by atoms with Gasteiger partial charge >= 0.3 is 6.09 Å². The molecule has 5 nitrogen and oxygen atoms in total. The highest BCUT2D eigenvalue weighted by Gasteiger charge is 2.58. The number of hydrogen-bond donors (Lipinski definition) is 0. The number of carbonyl (C=O) groups excluding carboxylic acids is 2. The van der Waals surface area contributed by atoms with Gasteiger partial charge in [-0.15, -0.1) is 0 Å². The van der Waals surface area contributed by atoms with Gasteiger partial charge in [0.2, 0.25) is 5.91 Å². The molecule has 0 aliphatic carbocycles. The van der Waals surface area contributed by atoms with Crippen LogP contribution in [0, 0.1) is 5.82 Å². The number of cyclic esters (lactones) is 1. The van der Waals surface area contributed by atoms with Gasteiger partial charge in [0.25, 0.3) is 0 Å². The number of hydrogen-bond acceptors (Lipinski definition) is 3. The van der Waals surface area contributed by atoms with Crippen molar-refractivity contribution in [1.82, 2.24) is 9.80 Å². The van der Waals surface area contributed by atoms with Gasteiger partial charge in [0.1, 0.15) is 11.9 Å². The van der Waals surface area contributed by atoms with Gasteiger partial charge in [-0.2, -0.15) is 0 Å². The van der Waals surface area contributed by atoms with Crippen molar-refractivity contribution in [2.45, 2.75) is 11.6 Å². The number of piperazine rings is 1. The van der Waals surface area contributed by atoms with E-state index < -0.39 is 5.60 Å². The van der Waals surface area contributed by atoms with Gasteiger partial charge in [-0.3, -0.25) is 9.69 Å². The van der Waals surface area contributed by atoms with Crippen molar-refractivity contribution in [1.29, 1.82) is 0 Å². The number of benzene rings is 3. The highest BCUT2D eigenvalue weighted by atomic mass is 19.1. The summed E-state index contributed by atoms with van der Waals surface area (Å²) in [6.07, 6.45) is 2.79. The van der Waals surface area contributed by atoms with Crippen molar-refractivity contribution in [3.63, 3.8) is 0 Å². The van der Waals surface area contributed by atoms with Crippen molar-refractivity contribution >= 4 is 18.1 Å². The lowest BCUT2D eigenvalue weighted by molar-refractivity contribution is -0.128. The Morgan fingerprint density at radius 3 is 2.12 bits per heavy atom. The normalized spacial score (nSPS) is 19.4. The topological polar surface area (TPSA) is 49.9 Å². The van der Waals surface area contributed by atoms with Gasteiger partial charge in [-0.1, -0.05) is 72.8 Å². The molecule has 2 fully saturated rings. The van der Waals surface area contributed by atoms with E-state index in [-0.39, 0.29) is 23.9 Å². The molecule has 6 heteroatoms. The Hall–Kier alpha value is -3.93. The van der Waals surface area contributed by atoms with E-state index >= 15 is 0 Å². The molecule has 0 saturated carbocycles. The minimum Gasteiger partial charge on any atom is -0.431 e. The van der Waals surface area contributed by atoms with Crippen LogP contribution in [-0.2, 0) is 15.1 Å². The van der Waals surface area contributed by atoms with Crippen molar-refractivity contribution in [3.8, 4) is 0 Å². The van der Waals surface area contributed by atoms with E-state index in [9.17, 15) is 14.0 Å². The van der Waals surface area contributed by atoms with Crippen molar-refractivity contribution < 1.29 is 18.7 Å². The minimum absolute atomic E-state index is 0.159. The molecule has 2 heterocycles. The number of fused-ring (bicyclic) bond motifs is 1. The molecular weight excluding hydrogens is 419 g/mol. The second kappa shape index (κ2) is 8.54. The van der Waals surface area contributed by atoms with E-state index in [1.54, 1.807) is 28.0 Å². The third kappa shape index (κ3) is 3.78. The molecule has 2 aliphatic rings. The lowest BCUT2D eigenvalue weighted by Gasteiger charge is -2.42. The maximum Gasteiger partial charge on any atom is 0.411 e. The van der Waals surface area contributed by atoms with E-state index in [1.165, 1.54) is 18.2 Å². The highest BCUT2D eigenvalue weighted by molar-refractivity contribution is 5.92. The fraction of sp³-hybridized carbons (Fsp3) is 0.185. The quantitative estimate of drug-likeness (QED) is 0.561.